The van der Waals surface area contributed by atoms with E-state index in [1.165, 1.54) is 56.7 Å². The quantitative estimate of drug-likeness (QED) is 0.289. The minimum Gasteiger partial charge on any atom is -0.394 e. The second kappa shape index (κ2) is 14.7. The molecule has 0 saturated heterocycles. The van der Waals surface area contributed by atoms with Crippen LogP contribution in [-0.4, -0.2) is 68.1 Å². The van der Waals surface area contributed by atoms with E-state index in [0.717, 1.165) is 12.2 Å². The Labute approximate surface area is 138 Å². The van der Waals surface area contributed by atoms with Gasteiger partial charge in [0, 0.05) is 5.75 Å². The summed E-state index contributed by atoms with van der Waals surface area (Å²) >= 11 is 1.53. The molecular formula is C16H34O5S. The molecule has 4 atom stereocenters. The maximum absolute atomic E-state index is 9.73. The zero-order valence-corrected chi connectivity index (χ0v) is 14.5. The van der Waals surface area contributed by atoms with E-state index >= 15 is 0 Å². The Morgan fingerprint density at radius 2 is 1.23 bits per heavy atom. The summed E-state index contributed by atoms with van der Waals surface area (Å²) in [4.78, 5) is 0. The summed E-state index contributed by atoms with van der Waals surface area (Å²) in [6.07, 6.45) is 4.56. The van der Waals surface area contributed by atoms with Crippen molar-refractivity contribution in [2.45, 2.75) is 82.7 Å². The predicted octanol–water partition coefficient (Wildman–Crippen LogP) is 1.30. The van der Waals surface area contributed by atoms with E-state index in [9.17, 15) is 20.4 Å². The lowest BCUT2D eigenvalue weighted by Gasteiger charge is -2.25. The number of unbranched alkanes of at least 4 members (excludes halogenated alkanes) is 7. The zero-order valence-electron chi connectivity index (χ0n) is 13.7. The molecule has 134 valence electrons. The van der Waals surface area contributed by atoms with Crippen LogP contribution in [0.3, 0.4) is 0 Å². The first-order chi connectivity index (χ1) is 10.5. The van der Waals surface area contributed by atoms with Gasteiger partial charge in [0.15, 0.2) is 0 Å². The van der Waals surface area contributed by atoms with Crippen molar-refractivity contribution in [3.05, 3.63) is 0 Å². The van der Waals surface area contributed by atoms with Crippen molar-refractivity contribution in [3.8, 4) is 0 Å². The number of aliphatic hydroxyl groups excluding tert-OH is 5. The number of aliphatic hydroxyl groups is 5. The van der Waals surface area contributed by atoms with Gasteiger partial charge in [-0.3, -0.25) is 0 Å². The number of thioether (sulfide) groups is 1. The molecule has 0 aliphatic rings. The normalized spacial score (nSPS) is 17.2. The van der Waals surface area contributed by atoms with Gasteiger partial charge in [0.25, 0.3) is 0 Å². The molecule has 0 rings (SSSR count). The van der Waals surface area contributed by atoms with E-state index in [1.54, 1.807) is 0 Å². The zero-order chi connectivity index (χ0) is 16.8. The van der Waals surface area contributed by atoms with Gasteiger partial charge in [-0.1, -0.05) is 51.9 Å². The van der Waals surface area contributed by atoms with Crippen molar-refractivity contribution in [1.29, 1.82) is 0 Å². The monoisotopic (exact) mass is 338 g/mol. The molecule has 0 fully saturated rings. The second-order valence-electron chi connectivity index (χ2n) is 5.85. The molecule has 0 saturated carbocycles. The molecule has 0 unspecified atom stereocenters. The fraction of sp³-hybridized carbons (Fsp3) is 1.00. The third-order valence-corrected chi connectivity index (χ3v) is 4.91. The van der Waals surface area contributed by atoms with Crippen LogP contribution in [0.15, 0.2) is 0 Å². The third kappa shape index (κ3) is 10.8. The van der Waals surface area contributed by atoms with Crippen LogP contribution in [0.4, 0.5) is 0 Å². The summed E-state index contributed by atoms with van der Waals surface area (Å²) in [6, 6.07) is 0. The van der Waals surface area contributed by atoms with Gasteiger partial charge < -0.3 is 25.5 Å². The van der Waals surface area contributed by atoms with E-state index in [0.29, 0.717) is 5.75 Å². The fourth-order valence-corrected chi connectivity index (χ4v) is 3.22. The van der Waals surface area contributed by atoms with Crippen LogP contribution >= 0.6 is 11.8 Å². The van der Waals surface area contributed by atoms with Gasteiger partial charge in [0.05, 0.1) is 12.7 Å². The highest BCUT2D eigenvalue weighted by Crippen LogP contribution is 2.14. The highest BCUT2D eigenvalue weighted by Gasteiger charge is 2.29. The topological polar surface area (TPSA) is 101 Å². The van der Waals surface area contributed by atoms with Crippen molar-refractivity contribution in [1.82, 2.24) is 0 Å². The Bertz CT molecular complexity index is 243. The van der Waals surface area contributed by atoms with E-state index < -0.39 is 31.0 Å². The van der Waals surface area contributed by atoms with Crippen molar-refractivity contribution in [3.63, 3.8) is 0 Å². The molecule has 6 heteroatoms. The fourth-order valence-electron chi connectivity index (χ4n) is 2.20. The molecule has 0 amide bonds. The highest BCUT2D eigenvalue weighted by molar-refractivity contribution is 7.99. The standard InChI is InChI=1S/C16H34O5S/c1-2-3-4-5-6-7-8-9-10-22-12-14(19)16(21)15(20)13(18)11-17/h13-21H,2-12H2,1H3/t13-,14+,15-,16-/m1/s1. The SMILES string of the molecule is CCCCCCCCCCSC[C@H](O)[C@@H](O)[C@H](O)[C@H](O)CO. The van der Waals surface area contributed by atoms with Gasteiger partial charge in [-0.2, -0.15) is 11.8 Å². The predicted molar refractivity (Wildman–Crippen MR) is 91.0 cm³/mol. The lowest BCUT2D eigenvalue weighted by molar-refractivity contribution is -0.109. The summed E-state index contributed by atoms with van der Waals surface area (Å²) in [6.45, 7) is 1.57. The van der Waals surface area contributed by atoms with E-state index in [1.807, 2.05) is 0 Å². The van der Waals surface area contributed by atoms with Gasteiger partial charge in [-0.15, -0.1) is 0 Å². The lowest BCUT2D eigenvalue weighted by atomic mass is 10.0. The molecule has 22 heavy (non-hydrogen) atoms. The molecule has 0 bridgehead atoms. The molecule has 0 radical (unpaired) electrons. The first-order valence-electron chi connectivity index (χ1n) is 8.45. The maximum Gasteiger partial charge on any atom is 0.111 e. The van der Waals surface area contributed by atoms with Gasteiger partial charge in [-0.25, -0.2) is 0 Å². The van der Waals surface area contributed by atoms with Crippen molar-refractivity contribution >= 4 is 11.8 Å². The Balaban J connectivity index is 3.50. The molecule has 0 aromatic carbocycles. The smallest absolute Gasteiger partial charge is 0.111 e. The van der Waals surface area contributed by atoms with E-state index in [2.05, 4.69) is 6.92 Å². The lowest BCUT2D eigenvalue weighted by Crippen LogP contribution is -2.46. The van der Waals surface area contributed by atoms with Crippen LogP contribution in [0.1, 0.15) is 58.3 Å². The number of rotatable bonds is 15. The average Bonchev–Trinajstić information content (AvgIpc) is 2.54. The number of hydrogen-bond donors (Lipinski definition) is 5. The Morgan fingerprint density at radius 1 is 0.727 bits per heavy atom. The summed E-state index contributed by atoms with van der Waals surface area (Å²) in [5.74, 6) is 1.23. The largest absolute Gasteiger partial charge is 0.394 e. The minimum atomic E-state index is -1.52. The molecule has 0 aromatic rings. The van der Waals surface area contributed by atoms with Gasteiger partial charge >= 0.3 is 0 Å². The van der Waals surface area contributed by atoms with Crippen LogP contribution in [0.25, 0.3) is 0 Å². The molecule has 0 aliphatic heterocycles. The minimum absolute atomic E-state index is 0.312. The molecular weight excluding hydrogens is 304 g/mol. The second-order valence-corrected chi connectivity index (χ2v) is 7.00. The average molecular weight is 339 g/mol. The summed E-state index contributed by atoms with van der Waals surface area (Å²) in [5, 5.41) is 46.8. The Kier molecular flexibility index (Phi) is 14.8. The van der Waals surface area contributed by atoms with Crippen LogP contribution in [0, 0.1) is 0 Å². The molecule has 5 N–H and O–H groups in total. The van der Waals surface area contributed by atoms with Gasteiger partial charge in [0.1, 0.15) is 18.3 Å². The van der Waals surface area contributed by atoms with Crippen LogP contribution in [-0.2, 0) is 0 Å². The van der Waals surface area contributed by atoms with E-state index in [4.69, 9.17) is 5.11 Å². The Morgan fingerprint density at radius 3 is 1.77 bits per heavy atom. The summed E-state index contributed by atoms with van der Waals surface area (Å²) < 4.78 is 0. The molecule has 0 aromatic heterocycles. The first-order valence-corrected chi connectivity index (χ1v) is 9.60. The summed E-state index contributed by atoms with van der Waals surface area (Å²) in [7, 11) is 0. The third-order valence-electron chi connectivity index (χ3n) is 3.76. The van der Waals surface area contributed by atoms with Gasteiger partial charge in [-0.05, 0) is 12.2 Å². The molecule has 0 heterocycles. The van der Waals surface area contributed by atoms with E-state index in [-0.39, 0.29) is 0 Å². The van der Waals surface area contributed by atoms with Crippen molar-refractivity contribution in [2.75, 3.05) is 18.1 Å². The summed E-state index contributed by atoms with van der Waals surface area (Å²) in [5.41, 5.74) is 0. The number of hydrogen-bond acceptors (Lipinski definition) is 6. The Hall–Kier alpha value is 0.150. The molecule has 0 aliphatic carbocycles. The maximum atomic E-state index is 9.73. The van der Waals surface area contributed by atoms with Crippen molar-refractivity contribution < 1.29 is 25.5 Å². The first kappa shape index (κ1) is 22.1. The van der Waals surface area contributed by atoms with Gasteiger partial charge in [0.2, 0.25) is 0 Å². The van der Waals surface area contributed by atoms with Crippen LogP contribution in [0.5, 0.6) is 0 Å². The highest BCUT2D eigenvalue weighted by atomic mass is 32.2. The molecule has 0 spiro atoms. The van der Waals surface area contributed by atoms with Crippen LogP contribution in [0.2, 0.25) is 0 Å². The van der Waals surface area contributed by atoms with Crippen LogP contribution < -0.4 is 0 Å². The molecule has 5 nitrogen and oxygen atoms in total. The van der Waals surface area contributed by atoms with Crippen molar-refractivity contribution in [2.24, 2.45) is 0 Å².